The minimum absolute atomic E-state index is 0.0195. The molecule has 0 unspecified atom stereocenters. The molecule has 0 saturated carbocycles. The second-order valence-corrected chi connectivity index (χ2v) is 5.78. The van der Waals surface area contributed by atoms with Crippen molar-refractivity contribution < 1.29 is 9.53 Å². The topological polar surface area (TPSA) is 26.3 Å². The van der Waals surface area contributed by atoms with Crippen LogP contribution in [0.15, 0.2) is 84.9 Å². The van der Waals surface area contributed by atoms with Crippen LogP contribution in [-0.4, -0.2) is 12.4 Å². The number of fused-ring (bicyclic) bond motifs is 2. The number of rotatable bonds is 4. The molecule has 0 fully saturated rings. The van der Waals surface area contributed by atoms with Crippen LogP contribution in [0.5, 0.6) is 5.75 Å². The van der Waals surface area contributed by atoms with Crippen molar-refractivity contribution in [3.63, 3.8) is 0 Å². The van der Waals surface area contributed by atoms with E-state index in [1.165, 1.54) is 0 Å². The lowest BCUT2D eigenvalue weighted by atomic mass is 10.0. The quantitative estimate of drug-likeness (QED) is 0.481. The molecule has 0 aliphatic heterocycles. The summed E-state index contributed by atoms with van der Waals surface area (Å²) in [4.78, 5) is 12.4. The Balaban J connectivity index is 1.52. The number of carbonyl (C=O) groups excluding carboxylic acids is 1. The molecule has 0 amide bonds. The van der Waals surface area contributed by atoms with E-state index in [0.29, 0.717) is 11.3 Å². The van der Waals surface area contributed by atoms with Crippen molar-refractivity contribution in [1.82, 2.24) is 0 Å². The summed E-state index contributed by atoms with van der Waals surface area (Å²) in [6.45, 7) is 0.0384. The van der Waals surface area contributed by atoms with Gasteiger partial charge in [0.25, 0.3) is 0 Å². The minimum atomic E-state index is -0.0195. The molecule has 4 aromatic carbocycles. The second kappa shape index (κ2) is 6.17. The summed E-state index contributed by atoms with van der Waals surface area (Å²) in [7, 11) is 0. The smallest absolute Gasteiger partial charge is 0.200 e. The molecule has 0 bridgehead atoms. The van der Waals surface area contributed by atoms with Crippen LogP contribution in [0.25, 0.3) is 21.5 Å². The molecule has 0 heterocycles. The van der Waals surface area contributed by atoms with Crippen LogP contribution in [0, 0.1) is 0 Å². The predicted molar refractivity (Wildman–Crippen MR) is 97.7 cm³/mol. The lowest BCUT2D eigenvalue weighted by Crippen LogP contribution is -2.11. The average molecular weight is 312 g/mol. The van der Waals surface area contributed by atoms with Crippen molar-refractivity contribution in [2.24, 2.45) is 0 Å². The summed E-state index contributed by atoms with van der Waals surface area (Å²) >= 11 is 0. The van der Waals surface area contributed by atoms with Gasteiger partial charge in [0, 0.05) is 5.56 Å². The molecular weight excluding hydrogens is 296 g/mol. The molecule has 0 radical (unpaired) electrons. The van der Waals surface area contributed by atoms with Crippen molar-refractivity contribution in [1.29, 1.82) is 0 Å². The Kier molecular flexibility index (Phi) is 3.72. The van der Waals surface area contributed by atoms with Crippen LogP contribution < -0.4 is 4.74 Å². The normalized spacial score (nSPS) is 10.8. The lowest BCUT2D eigenvalue weighted by Gasteiger charge is -2.07. The molecule has 0 aliphatic carbocycles. The van der Waals surface area contributed by atoms with Gasteiger partial charge in [-0.2, -0.15) is 0 Å². The van der Waals surface area contributed by atoms with E-state index in [-0.39, 0.29) is 12.4 Å². The molecule has 4 rings (SSSR count). The first kappa shape index (κ1) is 14.5. The number of hydrogen-bond acceptors (Lipinski definition) is 2. The van der Waals surface area contributed by atoms with E-state index in [0.717, 1.165) is 21.5 Å². The van der Waals surface area contributed by atoms with Crippen molar-refractivity contribution in [3.05, 3.63) is 90.5 Å². The van der Waals surface area contributed by atoms with Gasteiger partial charge in [0.1, 0.15) is 5.75 Å². The highest BCUT2D eigenvalue weighted by atomic mass is 16.5. The summed E-state index contributed by atoms with van der Waals surface area (Å²) in [5, 5.41) is 4.46. The van der Waals surface area contributed by atoms with E-state index in [1.807, 2.05) is 78.9 Å². The Morgan fingerprint density at radius 2 is 1.25 bits per heavy atom. The van der Waals surface area contributed by atoms with Gasteiger partial charge in [-0.05, 0) is 39.7 Å². The first-order valence-electron chi connectivity index (χ1n) is 7.93. The Hall–Kier alpha value is -3.13. The van der Waals surface area contributed by atoms with Crippen LogP contribution in [0.1, 0.15) is 10.4 Å². The van der Waals surface area contributed by atoms with Crippen LogP contribution in [0.4, 0.5) is 0 Å². The largest absolute Gasteiger partial charge is 0.485 e. The highest BCUT2D eigenvalue weighted by Crippen LogP contribution is 2.21. The third-order valence-corrected chi connectivity index (χ3v) is 4.16. The Morgan fingerprint density at radius 3 is 1.96 bits per heavy atom. The summed E-state index contributed by atoms with van der Waals surface area (Å²) in [6, 6.07) is 27.7. The molecule has 24 heavy (non-hydrogen) atoms. The zero-order valence-corrected chi connectivity index (χ0v) is 13.1. The maximum atomic E-state index is 12.4. The fourth-order valence-corrected chi connectivity index (χ4v) is 2.85. The summed E-state index contributed by atoms with van der Waals surface area (Å²) < 4.78 is 5.69. The van der Waals surface area contributed by atoms with Crippen LogP contribution in [0.2, 0.25) is 0 Å². The van der Waals surface area contributed by atoms with Gasteiger partial charge in [-0.3, -0.25) is 4.79 Å². The molecule has 0 atom stereocenters. The molecular formula is C22H16O2. The van der Waals surface area contributed by atoms with Gasteiger partial charge >= 0.3 is 0 Å². The molecule has 0 spiro atoms. The molecule has 2 nitrogen and oxygen atoms in total. The first-order valence-corrected chi connectivity index (χ1v) is 7.93. The number of benzene rings is 4. The molecule has 2 heteroatoms. The van der Waals surface area contributed by atoms with E-state index in [2.05, 4.69) is 6.07 Å². The van der Waals surface area contributed by atoms with Gasteiger partial charge in [0.15, 0.2) is 12.4 Å². The average Bonchev–Trinajstić information content (AvgIpc) is 2.65. The third kappa shape index (κ3) is 2.86. The Morgan fingerprint density at radius 1 is 0.667 bits per heavy atom. The van der Waals surface area contributed by atoms with Crippen LogP contribution in [0.3, 0.4) is 0 Å². The van der Waals surface area contributed by atoms with Crippen molar-refractivity contribution in [2.75, 3.05) is 6.61 Å². The van der Waals surface area contributed by atoms with E-state index in [4.69, 9.17) is 4.74 Å². The SMILES string of the molecule is O=C(COc1ccc2ccccc2c1)c1ccc2ccccc2c1. The maximum Gasteiger partial charge on any atom is 0.200 e. The van der Waals surface area contributed by atoms with Crippen molar-refractivity contribution in [2.45, 2.75) is 0 Å². The van der Waals surface area contributed by atoms with E-state index >= 15 is 0 Å². The van der Waals surface area contributed by atoms with E-state index in [9.17, 15) is 4.79 Å². The summed E-state index contributed by atoms with van der Waals surface area (Å²) in [5.74, 6) is 0.691. The number of ketones is 1. The van der Waals surface area contributed by atoms with E-state index < -0.39 is 0 Å². The molecule has 0 aliphatic rings. The number of Topliss-reactive ketones (excluding diaryl/α,β-unsaturated/α-hetero) is 1. The number of carbonyl (C=O) groups is 1. The predicted octanol–water partition coefficient (Wildman–Crippen LogP) is 5.25. The fraction of sp³-hybridized carbons (Fsp3) is 0.0455. The zero-order chi connectivity index (χ0) is 16.4. The first-order chi connectivity index (χ1) is 11.8. The highest BCUT2D eigenvalue weighted by molar-refractivity contribution is 6.00. The Labute approximate surface area is 140 Å². The van der Waals surface area contributed by atoms with Gasteiger partial charge in [0.05, 0.1) is 0 Å². The van der Waals surface area contributed by atoms with Gasteiger partial charge in [-0.15, -0.1) is 0 Å². The van der Waals surface area contributed by atoms with E-state index in [1.54, 1.807) is 0 Å². The fourth-order valence-electron chi connectivity index (χ4n) is 2.85. The summed E-state index contributed by atoms with van der Waals surface area (Å²) in [5.41, 5.74) is 0.675. The number of hydrogen-bond donors (Lipinski definition) is 0. The molecule has 116 valence electrons. The lowest BCUT2D eigenvalue weighted by molar-refractivity contribution is 0.0922. The van der Waals surface area contributed by atoms with Gasteiger partial charge < -0.3 is 4.74 Å². The molecule has 0 N–H and O–H groups in total. The van der Waals surface area contributed by atoms with Gasteiger partial charge in [-0.25, -0.2) is 0 Å². The third-order valence-electron chi connectivity index (χ3n) is 4.16. The minimum Gasteiger partial charge on any atom is -0.485 e. The Bertz CT molecular complexity index is 1030. The molecule has 4 aromatic rings. The highest BCUT2D eigenvalue weighted by Gasteiger charge is 2.08. The summed E-state index contributed by atoms with van der Waals surface area (Å²) in [6.07, 6.45) is 0. The van der Waals surface area contributed by atoms with Crippen molar-refractivity contribution in [3.8, 4) is 5.75 Å². The van der Waals surface area contributed by atoms with Gasteiger partial charge in [0.2, 0.25) is 0 Å². The van der Waals surface area contributed by atoms with Crippen LogP contribution >= 0.6 is 0 Å². The van der Waals surface area contributed by atoms with Gasteiger partial charge in [-0.1, -0.05) is 66.7 Å². The van der Waals surface area contributed by atoms with Crippen LogP contribution in [-0.2, 0) is 0 Å². The monoisotopic (exact) mass is 312 g/mol. The molecule has 0 aromatic heterocycles. The second-order valence-electron chi connectivity index (χ2n) is 5.78. The zero-order valence-electron chi connectivity index (χ0n) is 13.1. The van der Waals surface area contributed by atoms with Crippen molar-refractivity contribution >= 4 is 27.3 Å². The molecule has 0 saturated heterocycles. The standard InChI is InChI=1S/C22H16O2/c23-22(20-10-9-16-5-1-3-7-18(16)13-20)15-24-21-12-11-17-6-2-4-8-19(17)14-21/h1-14H,15H2. The number of ether oxygens (including phenoxy) is 1. The maximum absolute atomic E-state index is 12.4.